The summed E-state index contributed by atoms with van der Waals surface area (Å²) >= 11 is 1.28. The Balaban J connectivity index is 1.90. The minimum Gasteiger partial charge on any atom is -0.494 e. The molecule has 2 aromatic rings. The highest BCUT2D eigenvalue weighted by Crippen LogP contribution is 2.33. The van der Waals surface area contributed by atoms with E-state index in [1.165, 1.54) is 23.9 Å². The molecule has 1 aliphatic rings. The normalized spacial score (nSPS) is 16.9. The zero-order valence-electron chi connectivity index (χ0n) is 16.4. The lowest BCUT2D eigenvalue weighted by molar-refractivity contribution is -0.115. The van der Waals surface area contributed by atoms with Gasteiger partial charge in [-0.05, 0) is 90.7 Å². The number of thioether (sulfide) groups is 1. The molecule has 0 saturated carbocycles. The summed E-state index contributed by atoms with van der Waals surface area (Å²) in [6.07, 6.45) is 1.88. The van der Waals surface area contributed by atoms with Crippen molar-refractivity contribution in [3.05, 3.63) is 63.8 Å². The molecule has 1 heterocycles. The molecular formula is C22H23FN2O2S. The second-order valence-electron chi connectivity index (χ2n) is 6.79. The average Bonchev–Trinajstić information content (AvgIpc) is 2.98. The van der Waals surface area contributed by atoms with Gasteiger partial charge in [-0.3, -0.25) is 4.79 Å². The van der Waals surface area contributed by atoms with E-state index in [1.807, 2.05) is 26.0 Å². The molecule has 2 aromatic carbocycles. The minimum absolute atomic E-state index is 0.190. The van der Waals surface area contributed by atoms with Crippen molar-refractivity contribution in [2.75, 3.05) is 6.61 Å². The second-order valence-corrected chi connectivity index (χ2v) is 7.82. The third kappa shape index (κ3) is 4.62. The number of ether oxygens (including phenoxy) is 1. The van der Waals surface area contributed by atoms with Gasteiger partial charge in [-0.15, -0.1) is 0 Å². The maximum atomic E-state index is 13.0. The molecule has 0 aliphatic carbocycles. The van der Waals surface area contributed by atoms with Crippen LogP contribution in [-0.2, 0) is 4.79 Å². The lowest BCUT2D eigenvalue weighted by atomic mass is 9.96. The molecule has 0 unspecified atom stereocenters. The Kier molecular flexibility index (Phi) is 6.19. The van der Waals surface area contributed by atoms with Gasteiger partial charge in [0.2, 0.25) is 0 Å². The molecule has 4 nitrogen and oxygen atoms in total. The Bertz CT molecular complexity index is 950. The highest BCUT2D eigenvalue weighted by Gasteiger charge is 2.24. The van der Waals surface area contributed by atoms with Gasteiger partial charge in [0.1, 0.15) is 11.6 Å². The lowest BCUT2D eigenvalue weighted by Gasteiger charge is -2.16. The van der Waals surface area contributed by atoms with Gasteiger partial charge in [-0.1, -0.05) is 13.8 Å². The highest BCUT2D eigenvalue weighted by atomic mass is 32.2. The fourth-order valence-corrected chi connectivity index (χ4v) is 3.69. The monoisotopic (exact) mass is 398 g/mol. The van der Waals surface area contributed by atoms with Crippen LogP contribution >= 0.6 is 11.8 Å². The van der Waals surface area contributed by atoms with Crippen molar-refractivity contribution in [2.24, 2.45) is 4.99 Å². The molecule has 0 atom stereocenters. The fourth-order valence-electron chi connectivity index (χ4n) is 2.86. The summed E-state index contributed by atoms with van der Waals surface area (Å²) in [5.41, 5.74) is 3.72. The van der Waals surface area contributed by atoms with Gasteiger partial charge < -0.3 is 10.1 Å². The average molecular weight is 399 g/mol. The number of rotatable bonds is 5. The highest BCUT2D eigenvalue weighted by molar-refractivity contribution is 8.18. The molecule has 146 valence electrons. The zero-order chi connectivity index (χ0) is 20.3. The Labute approximate surface area is 168 Å². The molecule has 3 rings (SSSR count). The molecule has 0 bridgehead atoms. The number of nitrogens with zero attached hydrogens (tertiary/aromatic N) is 1. The molecule has 1 aliphatic heterocycles. The van der Waals surface area contributed by atoms with E-state index in [4.69, 9.17) is 4.74 Å². The van der Waals surface area contributed by atoms with Crippen LogP contribution in [0.1, 0.15) is 43.4 Å². The molecule has 0 aromatic heterocycles. The standard InChI is InChI=1S/C22H23FN2O2S/c1-5-27-19-10-14(4)15(11-18(19)13(2)3)12-20-21(26)25-22(28-20)24-17-8-6-16(23)7-9-17/h6-13H,5H2,1-4H3,(H,24,25,26). The van der Waals surface area contributed by atoms with Gasteiger partial charge in [0.15, 0.2) is 5.17 Å². The quantitative estimate of drug-likeness (QED) is 0.672. The molecular weight excluding hydrogens is 375 g/mol. The molecule has 1 N–H and O–H groups in total. The number of hydrogen-bond donors (Lipinski definition) is 1. The van der Waals surface area contributed by atoms with E-state index < -0.39 is 0 Å². The van der Waals surface area contributed by atoms with E-state index in [0.717, 1.165) is 22.4 Å². The number of aliphatic imine (C=N–C) groups is 1. The van der Waals surface area contributed by atoms with Crippen LogP contribution in [0.4, 0.5) is 10.1 Å². The Morgan fingerprint density at radius 2 is 1.96 bits per heavy atom. The molecule has 6 heteroatoms. The van der Waals surface area contributed by atoms with Crippen molar-refractivity contribution >= 4 is 34.6 Å². The number of hydrogen-bond acceptors (Lipinski definition) is 4. The number of halogens is 1. The van der Waals surface area contributed by atoms with Gasteiger partial charge >= 0.3 is 0 Å². The Morgan fingerprint density at radius 3 is 2.61 bits per heavy atom. The van der Waals surface area contributed by atoms with Crippen LogP contribution in [0.15, 0.2) is 46.3 Å². The summed E-state index contributed by atoms with van der Waals surface area (Å²) in [6.45, 7) is 8.82. The number of carbonyl (C=O) groups is 1. The summed E-state index contributed by atoms with van der Waals surface area (Å²) in [5.74, 6) is 0.684. The summed E-state index contributed by atoms with van der Waals surface area (Å²) in [5, 5.41) is 3.25. The predicted molar refractivity (Wildman–Crippen MR) is 114 cm³/mol. The maximum absolute atomic E-state index is 13.0. The third-order valence-corrected chi connectivity index (χ3v) is 5.22. The van der Waals surface area contributed by atoms with E-state index in [0.29, 0.717) is 28.3 Å². The number of aryl methyl sites for hydroxylation is 1. The predicted octanol–water partition coefficient (Wildman–Crippen LogP) is 5.55. The van der Waals surface area contributed by atoms with E-state index in [9.17, 15) is 9.18 Å². The van der Waals surface area contributed by atoms with Crippen LogP contribution in [0.2, 0.25) is 0 Å². The first-order chi connectivity index (χ1) is 13.4. The van der Waals surface area contributed by atoms with Gasteiger partial charge in [-0.2, -0.15) is 0 Å². The largest absolute Gasteiger partial charge is 0.494 e. The third-order valence-electron chi connectivity index (χ3n) is 4.32. The summed E-state index contributed by atoms with van der Waals surface area (Å²) in [6, 6.07) is 9.93. The second kappa shape index (κ2) is 8.61. The van der Waals surface area contributed by atoms with Crippen LogP contribution in [0.5, 0.6) is 5.75 Å². The number of carbonyl (C=O) groups excluding carboxylic acids is 1. The molecule has 28 heavy (non-hydrogen) atoms. The first kappa shape index (κ1) is 20.1. The molecule has 1 amide bonds. The van der Waals surface area contributed by atoms with E-state index in [-0.39, 0.29) is 11.7 Å². The number of nitrogens with one attached hydrogen (secondary N) is 1. The number of amidine groups is 1. The first-order valence-electron chi connectivity index (χ1n) is 9.20. The van der Waals surface area contributed by atoms with Gasteiger partial charge in [-0.25, -0.2) is 9.38 Å². The summed E-state index contributed by atoms with van der Waals surface area (Å²) < 4.78 is 18.8. The number of amides is 1. The first-order valence-corrected chi connectivity index (χ1v) is 10.0. The molecule has 0 spiro atoms. The molecule has 1 saturated heterocycles. The van der Waals surface area contributed by atoms with Crippen molar-refractivity contribution < 1.29 is 13.9 Å². The van der Waals surface area contributed by atoms with Gasteiger partial charge in [0, 0.05) is 0 Å². The van der Waals surface area contributed by atoms with E-state index in [1.54, 1.807) is 12.1 Å². The molecule has 1 fully saturated rings. The topological polar surface area (TPSA) is 50.7 Å². The summed E-state index contributed by atoms with van der Waals surface area (Å²) in [4.78, 5) is 17.3. The molecule has 0 radical (unpaired) electrons. The summed E-state index contributed by atoms with van der Waals surface area (Å²) in [7, 11) is 0. The van der Waals surface area contributed by atoms with Gasteiger partial charge in [0.05, 0.1) is 17.2 Å². The van der Waals surface area contributed by atoms with Crippen molar-refractivity contribution in [2.45, 2.75) is 33.6 Å². The minimum atomic E-state index is -0.320. The Hall–Kier alpha value is -2.60. The Morgan fingerprint density at radius 1 is 1.25 bits per heavy atom. The van der Waals surface area contributed by atoms with E-state index in [2.05, 4.69) is 30.2 Å². The van der Waals surface area contributed by atoms with Crippen LogP contribution in [-0.4, -0.2) is 17.7 Å². The lowest BCUT2D eigenvalue weighted by Crippen LogP contribution is -2.19. The SMILES string of the molecule is CCOc1cc(C)c(C=C2SC(=Nc3ccc(F)cc3)NC2=O)cc1C(C)C. The zero-order valence-corrected chi connectivity index (χ0v) is 17.2. The van der Waals surface area contributed by atoms with Crippen LogP contribution in [0, 0.1) is 12.7 Å². The van der Waals surface area contributed by atoms with Crippen LogP contribution in [0.3, 0.4) is 0 Å². The van der Waals surface area contributed by atoms with Gasteiger partial charge in [0.25, 0.3) is 5.91 Å². The van der Waals surface area contributed by atoms with E-state index >= 15 is 0 Å². The van der Waals surface area contributed by atoms with Crippen LogP contribution < -0.4 is 10.1 Å². The number of benzene rings is 2. The fraction of sp³-hybridized carbons (Fsp3) is 0.273. The smallest absolute Gasteiger partial charge is 0.264 e. The van der Waals surface area contributed by atoms with Crippen molar-refractivity contribution in [1.29, 1.82) is 0 Å². The van der Waals surface area contributed by atoms with Crippen molar-refractivity contribution in [1.82, 2.24) is 5.32 Å². The maximum Gasteiger partial charge on any atom is 0.264 e. The van der Waals surface area contributed by atoms with Crippen LogP contribution in [0.25, 0.3) is 6.08 Å². The van der Waals surface area contributed by atoms with Crippen molar-refractivity contribution in [3.63, 3.8) is 0 Å². The van der Waals surface area contributed by atoms with Crippen molar-refractivity contribution in [3.8, 4) is 5.75 Å².